The van der Waals surface area contributed by atoms with Gasteiger partial charge >= 0.3 is 0 Å². The van der Waals surface area contributed by atoms with E-state index in [1.54, 1.807) is 13.3 Å². The van der Waals surface area contributed by atoms with Crippen LogP contribution < -0.4 is 4.74 Å². The second kappa shape index (κ2) is 7.40. The SMILES string of the molecule is COc1cccc(CC(=O)N2CCOC(c3ccnc(C)n3)C2)c1. The Morgan fingerprint density at radius 2 is 2.29 bits per heavy atom. The van der Waals surface area contributed by atoms with Gasteiger partial charge in [0.25, 0.3) is 0 Å². The third kappa shape index (κ3) is 3.89. The molecule has 1 aromatic carbocycles. The molecule has 1 atom stereocenters. The maximum Gasteiger partial charge on any atom is 0.227 e. The summed E-state index contributed by atoms with van der Waals surface area (Å²) in [6.45, 7) is 3.47. The van der Waals surface area contributed by atoms with Crippen molar-refractivity contribution in [1.82, 2.24) is 14.9 Å². The van der Waals surface area contributed by atoms with E-state index in [0.717, 1.165) is 17.0 Å². The Kier molecular flexibility index (Phi) is 5.05. The number of hydrogen-bond donors (Lipinski definition) is 0. The van der Waals surface area contributed by atoms with Crippen LogP contribution in [0.25, 0.3) is 0 Å². The fraction of sp³-hybridized carbons (Fsp3) is 0.389. The highest BCUT2D eigenvalue weighted by Gasteiger charge is 2.26. The number of benzene rings is 1. The van der Waals surface area contributed by atoms with E-state index >= 15 is 0 Å². The first kappa shape index (κ1) is 16.4. The fourth-order valence-corrected chi connectivity index (χ4v) is 2.78. The van der Waals surface area contributed by atoms with Gasteiger partial charge < -0.3 is 14.4 Å². The molecule has 2 aromatic rings. The molecule has 1 amide bonds. The Morgan fingerprint density at radius 3 is 3.08 bits per heavy atom. The standard InChI is InChI=1S/C18H21N3O3/c1-13-19-7-6-16(20-13)17-12-21(8-9-24-17)18(22)11-14-4-3-5-15(10-14)23-2/h3-7,10,17H,8-9,11-12H2,1-2H3. The zero-order valence-corrected chi connectivity index (χ0v) is 13.9. The van der Waals surface area contributed by atoms with Crippen molar-refractivity contribution in [2.24, 2.45) is 0 Å². The molecule has 1 saturated heterocycles. The van der Waals surface area contributed by atoms with Crippen LogP contribution in [0.5, 0.6) is 5.75 Å². The predicted molar refractivity (Wildman–Crippen MR) is 88.7 cm³/mol. The second-order valence-corrected chi connectivity index (χ2v) is 5.76. The average Bonchev–Trinajstić information content (AvgIpc) is 2.62. The van der Waals surface area contributed by atoms with Gasteiger partial charge in [-0.05, 0) is 30.7 Å². The van der Waals surface area contributed by atoms with Gasteiger partial charge in [-0.2, -0.15) is 0 Å². The molecule has 1 fully saturated rings. The zero-order valence-electron chi connectivity index (χ0n) is 13.9. The lowest BCUT2D eigenvalue weighted by Crippen LogP contribution is -2.43. The van der Waals surface area contributed by atoms with Crippen LogP contribution in [-0.2, 0) is 16.0 Å². The molecule has 0 saturated carbocycles. The highest BCUT2D eigenvalue weighted by molar-refractivity contribution is 5.79. The van der Waals surface area contributed by atoms with E-state index in [9.17, 15) is 4.79 Å². The van der Waals surface area contributed by atoms with Gasteiger partial charge in [-0.25, -0.2) is 9.97 Å². The van der Waals surface area contributed by atoms with Crippen molar-refractivity contribution in [2.45, 2.75) is 19.4 Å². The van der Waals surface area contributed by atoms with Crippen molar-refractivity contribution in [1.29, 1.82) is 0 Å². The van der Waals surface area contributed by atoms with E-state index < -0.39 is 0 Å². The first-order valence-corrected chi connectivity index (χ1v) is 7.97. The van der Waals surface area contributed by atoms with Crippen molar-refractivity contribution >= 4 is 5.91 Å². The number of aryl methyl sites for hydroxylation is 1. The normalized spacial score (nSPS) is 17.6. The van der Waals surface area contributed by atoms with Crippen LogP contribution in [0.1, 0.15) is 23.2 Å². The largest absolute Gasteiger partial charge is 0.497 e. The van der Waals surface area contributed by atoms with E-state index in [0.29, 0.717) is 31.9 Å². The Labute approximate surface area is 141 Å². The number of morpholine rings is 1. The Bertz CT molecular complexity index is 720. The minimum Gasteiger partial charge on any atom is -0.497 e. The molecular weight excluding hydrogens is 306 g/mol. The summed E-state index contributed by atoms with van der Waals surface area (Å²) in [6.07, 6.45) is 1.87. The third-order valence-corrected chi connectivity index (χ3v) is 4.04. The van der Waals surface area contributed by atoms with Crippen molar-refractivity contribution < 1.29 is 14.3 Å². The van der Waals surface area contributed by atoms with Crippen molar-refractivity contribution in [3.8, 4) is 5.75 Å². The van der Waals surface area contributed by atoms with Crippen molar-refractivity contribution in [3.05, 3.63) is 53.6 Å². The number of hydrogen-bond acceptors (Lipinski definition) is 5. The molecule has 0 radical (unpaired) electrons. The van der Waals surface area contributed by atoms with Gasteiger partial charge in [0.1, 0.15) is 17.7 Å². The zero-order chi connectivity index (χ0) is 16.9. The number of amides is 1. The molecule has 1 aliphatic heterocycles. The summed E-state index contributed by atoms with van der Waals surface area (Å²) in [5.41, 5.74) is 1.77. The number of carbonyl (C=O) groups is 1. The summed E-state index contributed by atoms with van der Waals surface area (Å²) in [5.74, 6) is 1.55. The van der Waals surface area contributed by atoms with Gasteiger partial charge in [0, 0.05) is 12.7 Å². The van der Waals surface area contributed by atoms with Crippen molar-refractivity contribution in [3.63, 3.8) is 0 Å². The van der Waals surface area contributed by atoms with Crippen LogP contribution in [0.15, 0.2) is 36.5 Å². The van der Waals surface area contributed by atoms with Gasteiger partial charge in [0.05, 0.1) is 32.4 Å². The summed E-state index contributed by atoms with van der Waals surface area (Å²) in [4.78, 5) is 23.0. The number of rotatable bonds is 4. The maximum absolute atomic E-state index is 12.6. The van der Waals surface area contributed by atoms with Gasteiger partial charge in [-0.3, -0.25) is 4.79 Å². The van der Waals surface area contributed by atoms with Gasteiger partial charge in [-0.1, -0.05) is 12.1 Å². The molecule has 0 N–H and O–H groups in total. The van der Waals surface area contributed by atoms with E-state index in [4.69, 9.17) is 9.47 Å². The predicted octanol–water partition coefficient (Wildman–Crippen LogP) is 1.94. The summed E-state index contributed by atoms with van der Waals surface area (Å²) >= 11 is 0. The van der Waals surface area contributed by atoms with Gasteiger partial charge in [0.15, 0.2) is 0 Å². The molecule has 6 heteroatoms. The smallest absolute Gasteiger partial charge is 0.227 e. The molecule has 1 aromatic heterocycles. The van der Waals surface area contributed by atoms with Crippen LogP contribution in [0.3, 0.4) is 0 Å². The molecule has 0 spiro atoms. The van der Waals surface area contributed by atoms with Crippen LogP contribution in [0, 0.1) is 6.92 Å². The third-order valence-electron chi connectivity index (χ3n) is 4.04. The molecule has 3 rings (SSSR count). The summed E-state index contributed by atoms with van der Waals surface area (Å²) in [5, 5.41) is 0. The number of methoxy groups -OCH3 is 1. The minimum absolute atomic E-state index is 0.0855. The second-order valence-electron chi connectivity index (χ2n) is 5.76. The Balaban J connectivity index is 1.66. The van der Waals surface area contributed by atoms with Gasteiger partial charge in [0.2, 0.25) is 5.91 Å². The van der Waals surface area contributed by atoms with Crippen LogP contribution in [-0.4, -0.2) is 47.6 Å². The summed E-state index contributed by atoms with van der Waals surface area (Å²) in [6, 6.07) is 9.44. The molecular formula is C18H21N3O3. The number of nitrogens with zero attached hydrogens (tertiary/aromatic N) is 3. The van der Waals surface area contributed by atoms with E-state index in [2.05, 4.69) is 9.97 Å². The fourth-order valence-electron chi connectivity index (χ4n) is 2.78. The Morgan fingerprint density at radius 1 is 1.42 bits per heavy atom. The van der Waals surface area contributed by atoms with E-state index in [1.165, 1.54) is 0 Å². The molecule has 0 aliphatic carbocycles. The van der Waals surface area contributed by atoms with Crippen LogP contribution in [0.2, 0.25) is 0 Å². The molecule has 2 heterocycles. The number of carbonyl (C=O) groups excluding carboxylic acids is 1. The lowest BCUT2D eigenvalue weighted by molar-refractivity contribution is -0.138. The number of aromatic nitrogens is 2. The first-order chi connectivity index (χ1) is 11.7. The van der Waals surface area contributed by atoms with Gasteiger partial charge in [-0.15, -0.1) is 0 Å². The Hall–Kier alpha value is -2.47. The van der Waals surface area contributed by atoms with E-state index in [-0.39, 0.29) is 12.0 Å². The molecule has 1 unspecified atom stereocenters. The van der Waals surface area contributed by atoms with E-state index in [1.807, 2.05) is 42.2 Å². The van der Waals surface area contributed by atoms with Crippen LogP contribution in [0.4, 0.5) is 0 Å². The quantitative estimate of drug-likeness (QED) is 0.858. The van der Waals surface area contributed by atoms with Crippen molar-refractivity contribution in [2.75, 3.05) is 26.8 Å². The number of ether oxygens (including phenoxy) is 2. The molecule has 126 valence electrons. The lowest BCUT2D eigenvalue weighted by Gasteiger charge is -2.32. The highest BCUT2D eigenvalue weighted by atomic mass is 16.5. The average molecular weight is 327 g/mol. The molecule has 6 nitrogen and oxygen atoms in total. The molecule has 24 heavy (non-hydrogen) atoms. The molecule has 1 aliphatic rings. The summed E-state index contributed by atoms with van der Waals surface area (Å²) < 4.78 is 11.0. The maximum atomic E-state index is 12.6. The highest BCUT2D eigenvalue weighted by Crippen LogP contribution is 2.21. The lowest BCUT2D eigenvalue weighted by atomic mass is 10.1. The topological polar surface area (TPSA) is 64.5 Å². The first-order valence-electron chi connectivity index (χ1n) is 7.97. The summed E-state index contributed by atoms with van der Waals surface area (Å²) in [7, 11) is 1.62. The monoisotopic (exact) mass is 327 g/mol. The van der Waals surface area contributed by atoms with Crippen LogP contribution >= 0.6 is 0 Å². The molecule has 0 bridgehead atoms. The minimum atomic E-state index is -0.199.